The van der Waals surface area contributed by atoms with Gasteiger partial charge in [-0.05, 0) is 37.2 Å². The van der Waals surface area contributed by atoms with Crippen molar-refractivity contribution in [3.8, 4) is 0 Å². The molecule has 25 heteroatoms. The Labute approximate surface area is 396 Å². The molecule has 0 bridgehead atoms. The Bertz CT molecular complexity index is 2180. The van der Waals surface area contributed by atoms with Crippen LogP contribution in [0.25, 0.3) is 0 Å². The molecule has 0 spiro atoms. The van der Waals surface area contributed by atoms with Crippen LogP contribution in [-0.2, 0) is 62.4 Å². The average Bonchev–Trinajstić information content (AvgIpc) is 4.12. The van der Waals surface area contributed by atoms with Crippen molar-refractivity contribution >= 4 is 65.9 Å². The molecule has 1 aromatic carbocycles. The second kappa shape index (κ2) is 26.5. The molecule has 4 rings (SSSR count). The number of hydrogen-bond acceptors (Lipinski definition) is 14. The zero-order valence-electron chi connectivity index (χ0n) is 37.6. The number of nitrogens with two attached hydrogens (primary N) is 1. The molecular formula is C43H60N12O12S. The lowest BCUT2D eigenvalue weighted by atomic mass is 10.00. The third kappa shape index (κ3) is 16.5. The molecule has 370 valence electrons. The molecule has 1 aliphatic rings. The smallest absolute Gasteiger partial charge is 0.327 e. The van der Waals surface area contributed by atoms with Crippen molar-refractivity contribution in [1.82, 2.24) is 56.7 Å². The number of benzene rings is 1. The number of nitrogens with one attached hydrogen (secondary N) is 8. The number of aromatic nitrogens is 4. The monoisotopic (exact) mass is 968 g/mol. The van der Waals surface area contributed by atoms with Crippen molar-refractivity contribution < 1.29 is 58.5 Å². The number of carbonyl (C=O) groups is 9. The number of aliphatic hydroxyl groups excluding tert-OH is 1. The van der Waals surface area contributed by atoms with Crippen LogP contribution in [0, 0.1) is 5.92 Å². The summed E-state index contributed by atoms with van der Waals surface area (Å²) in [6.07, 6.45) is 5.18. The van der Waals surface area contributed by atoms with Gasteiger partial charge in [0, 0.05) is 61.8 Å². The zero-order chi connectivity index (χ0) is 49.9. The Balaban J connectivity index is 1.51. The Morgan fingerprint density at radius 1 is 0.735 bits per heavy atom. The molecule has 0 saturated carbocycles. The Morgan fingerprint density at radius 2 is 1.28 bits per heavy atom. The molecule has 13 N–H and O–H groups in total. The quantitative estimate of drug-likeness (QED) is 0.0346. The van der Waals surface area contributed by atoms with Gasteiger partial charge in [-0.2, -0.15) is 12.6 Å². The molecule has 7 amide bonds. The van der Waals surface area contributed by atoms with Gasteiger partial charge in [0.2, 0.25) is 41.4 Å². The van der Waals surface area contributed by atoms with E-state index >= 15 is 0 Å². The van der Waals surface area contributed by atoms with E-state index in [9.17, 15) is 58.5 Å². The van der Waals surface area contributed by atoms with Gasteiger partial charge in [0.1, 0.15) is 42.3 Å². The Morgan fingerprint density at radius 3 is 1.82 bits per heavy atom. The first-order chi connectivity index (χ1) is 32.4. The number of carbonyl (C=O) groups excluding carboxylic acids is 7. The zero-order valence-corrected chi connectivity index (χ0v) is 38.4. The molecule has 0 unspecified atom stereocenters. The summed E-state index contributed by atoms with van der Waals surface area (Å²) in [7, 11) is 0. The van der Waals surface area contributed by atoms with Crippen molar-refractivity contribution in [3.63, 3.8) is 0 Å². The van der Waals surface area contributed by atoms with Crippen LogP contribution in [0.2, 0.25) is 0 Å². The standard InChI is InChI=1S/C43H60N12O12S/c1-23(2)13-29(52-41(64)34-9-6-12-55(34)42(65)28(10-11-35(57)58)49-36(59)27(44)15-25-17-45-21-47-25)37(60)50-30(14-24-7-4-3-5-8-24)38(61)53-32(19-56)40(63)51-31(16-26-18-46-22-48-26)39(62)54-33(20-68)43(66)67/h3-5,7-8,17-18,21-23,27-34,56,68H,6,9-16,19-20,44H2,1-2H3,(H,45,47)(H,46,48)(H,49,59)(H,50,60)(H,51,63)(H,52,64)(H,53,61)(H,54,62)(H,57,58)(H,66,67)/t27-,28-,29-,30-,31-,32-,33-,34-/m0/s1. The van der Waals surface area contributed by atoms with E-state index in [0.717, 1.165) is 0 Å². The number of thiol groups is 1. The van der Waals surface area contributed by atoms with Crippen LogP contribution < -0.4 is 37.6 Å². The first kappa shape index (κ1) is 53.8. The summed E-state index contributed by atoms with van der Waals surface area (Å²) >= 11 is 3.96. The highest BCUT2D eigenvalue weighted by molar-refractivity contribution is 7.80. The number of carboxylic acid groups (broad SMARTS) is 2. The second-order valence-electron chi connectivity index (χ2n) is 16.7. The highest BCUT2D eigenvalue weighted by atomic mass is 32.1. The number of hydrogen-bond donors (Lipinski definition) is 13. The Hall–Kier alpha value is -6.86. The van der Waals surface area contributed by atoms with Crippen molar-refractivity contribution in [2.24, 2.45) is 11.7 Å². The third-order valence-corrected chi connectivity index (χ3v) is 11.3. The van der Waals surface area contributed by atoms with Gasteiger partial charge in [-0.3, -0.25) is 38.4 Å². The fourth-order valence-corrected chi connectivity index (χ4v) is 7.60. The van der Waals surface area contributed by atoms with Gasteiger partial charge in [-0.1, -0.05) is 44.2 Å². The third-order valence-electron chi connectivity index (χ3n) is 10.9. The number of rotatable bonds is 27. The van der Waals surface area contributed by atoms with Gasteiger partial charge in [0.05, 0.1) is 25.3 Å². The maximum atomic E-state index is 14.2. The van der Waals surface area contributed by atoms with Gasteiger partial charge in [0.15, 0.2) is 0 Å². The fraction of sp³-hybridized carbons (Fsp3) is 0.512. The molecule has 3 heterocycles. The minimum absolute atomic E-state index is 0.0495. The van der Waals surface area contributed by atoms with E-state index < -0.39 is 115 Å². The number of nitrogens with zero attached hydrogens (tertiary/aromatic N) is 3. The molecule has 0 aliphatic carbocycles. The number of aliphatic carboxylic acids is 2. The molecule has 1 saturated heterocycles. The van der Waals surface area contributed by atoms with Crippen LogP contribution in [0.4, 0.5) is 0 Å². The van der Waals surface area contributed by atoms with Crippen molar-refractivity contribution in [2.75, 3.05) is 18.9 Å². The molecule has 1 aliphatic heterocycles. The summed E-state index contributed by atoms with van der Waals surface area (Å²) in [4.78, 5) is 134. The van der Waals surface area contributed by atoms with Crippen molar-refractivity contribution in [3.05, 3.63) is 72.3 Å². The van der Waals surface area contributed by atoms with Crippen molar-refractivity contribution in [1.29, 1.82) is 0 Å². The van der Waals surface area contributed by atoms with E-state index in [0.29, 0.717) is 23.4 Å². The molecule has 8 atom stereocenters. The summed E-state index contributed by atoms with van der Waals surface area (Å²) in [6.45, 7) is 2.72. The van der Waals surface area contributed by atoms with E-state index in [1.54, 1.807) is 44.2 Å². The molecule has 0 radical (unpaired) electrons. The minimum atomic E-state index is -1.68. The highest BCUT2D eigenvalue weighted by Crippen LogP contribution is 2.21. The lowest BCUT2D eigenvalue weighted by molar-refractivity contribution is -0.143. The van der Waals surface area contributed by atoms with E-state index in [2.05, 4.69) is 64.5 Å². The normalized spacial score (nSPS) is 16.5. The molecule has 1 fully saturated rings. The lowest BCUT2D eigenvalue weighted by Crippen LogP contribution is -2.61. The van der Waals surface area contributed by atoms with Gasteiger partial charge < -0.3 is 67.8 Å². The van der Waals surface area contributed by atoms with E-state index in [4.69, 9.17) is 5.73 Å². The predicted molar refractivity (Wildman–Crippen MR) is 244 cm³/mol. The molecule has 68 heavy (non-hydrogen) atoms. The summed E-state index contributed by atoms with van der Waals surface area (Å²) in [5, 5.41) is 44.3. The lowest BCUT2D eigenvalue weighted by Gasteiger charge is -2.31. The number of amides is 7. The average molecular weight is 969 g/mol. The SMILES string of the molecule is CC(C)C[C@H](NC(=O)[C@@H]1CCCN1C(=O)[C@H](CCC(=O)O)NC(=O)[C@@H](N)Cc1cnc[nH]1)C(=O)N[C@@H](Cc1ccccc1)C(=O)N[C@@H](CO)C(=O)N[C@@H](Cc1cnc[nH]1)C(=O)N[C@@H](CS)C(=O)O. The maximum absolute atomic E-state index is 14.2. The predicted octanol–water partition coefficient (Wildman–Crippen LogP) is -2.69. The summed E-state index contributed by atoms with van der Waals surface area (Å²) in [6, 6.07) is -2.23. The fourth-order valence-electron chi connectivity index (χ4n) is 7.36. The van der Waals surface area contributed by atoms with Crippen LogP contribution in [0.1, 0.15) is 62.9 Å². The van der Waals surface area contributed by atoms with Crippen LogP contribution in [0.5, 0.6) is 0 Å². The number of aliphatic hydroxyl groups is 1. The minimum Gasteiger partial charge on any atom is -0.481 e. The topological polar surface area (TPSA) is 373 Å². The highest BCUT2D eigenvalue weighted by Gasteiger charge is 2.40. The van der Waals surface area contributed by atoms with E-state index in [1.165, 1.54) is 29.9 Å². The first-order valence-electron chi connectivity index (χ1n) is 21.9. The van der Waals surface area contributed by atoms with Crippen LogP contribution in [0.15, 0.2) is 55.4 Å². The van der Waals surface area contributed by atoms with Gasteiger partial charge in [-0.15, -0.1) is 0 Å². The maximum Gasteiger partial charge on any atom is 0.327 e. The number of H-pyrrole nitrogens is 2. The Kier molecular flexibility index (Phi) is 20.9. The van der Waals surface area contributed by atoms with Crippen LogP contribution >= 0.6 is 12.6 Å². The first-order valence-corrected chi connectivity index (χ1v) is 22.6. The summed E-state index contributed by atoms with van der Waals surface area (Å²) in [5.41, 5.74) is 7.62. The molecule has 24 nitrogen and oxygen atoms in total. The van der Waals surface area contributed by atoms with Crippen LogP contribution in [-0.4, -0.2) is 161 Å². The van der Waals surface area contributed by atoms with Gasteiger partial charge in [-0.25, -0.2) is 14.8 Å². The number of imidazole rings is 2. The summed E-state index contributed by atoms with van der Waals surface area (Å²) < 4.78 is 0. The molecule has 3 aromatic rings. The summed E-state index contributed by atoms with van der Waals surface area (Å²) in [5.74, 6) is -8.85. The van der Waals surface area contributed by atoms with Gasteiger partial charge in [0.25, 0.3) is 0 Å². The van der Waals surface area contributed by atoms with Crippen LogP contribution in [0.3, 0.4) is 0 Å². The van der Waals surface area contributed by atoms with Crippen molar-refractivity contribution in [2.45, 2.75) is 114 Å². The number of aromatic amines is 2. The van der Waals surface area contributed by atoms with Gasteiger partial charge >= 0.3 is 11.9 Å². The van der Waals surface area contributed by atoms with E-state index in [1.807, 2.05) is 0 Å². The molecular weight excluding hydrogens is 909 g/mol. The largest absolute Gasteiger partial charge is 0.481 e. The van der Waals surface area contributed by atoms with E-state index in [-0.39, 0.29) is 56.7 Å². The number of likely N-dealkylation sites (tertiary alicyclic amines) is 1. The second-order valence-corrected chi connectivity index (χ2v) is 17.0. The number of carboxylic acids is 2. The molecule has 2 aromatic heterocycles.